The smallest absolute Gasteiger partial charge is 0.101 e. The van der Waals surface area contributed by atoms with E-state index in [2.05, 4.69) is 20.4 Å². The van der Waals surface area contributed by atoms with E-state index in [1.165, 1.54) is 0 Å². The quantitative estimate of drug-likeness (QED) is 0.538. The maximum Gasteiger partial charge on any atom is 0.101 e. The molecular weight excluding hydrogens is 152 g/mol. The van der Waals surface area contributed by atoms with E-state index in [9.17, 15) is 10.2 Å². The first kappa shape index (κ1) is 9.75. The van der Waals surface area contributed by atoms with Crippen LogP contribution in [0.4, 0.5) is 0 Å². The second-order valence-electron chi connectivity index (χ2n) is 4.53. The van der Waals surface area contributed by atoms with Gasteiger partial charge >= 0.3 is 0 Å². The molecule has 0 aromatic rings. The van der Waals surface area contributed by atoms with Crippen LogP contribution in [0.15, 0.2) is 12.2 Å². The van der Waals surface area contributed by atoms with Crippen LogP contribution in [0.1, 0.15) is 27.2 Å². The minimum Gasteiger partial charge on any atom is -0.390 e. The van der Waals surface area contributed by atoms with Crippen molar-refractivity contribution >= 4 is 0 Å². The van der Waals surface area contributed by atoms with Gasteiger partial charge in [0.2, 0.25) is 0 Å². The Balaban J connectivity index is 2.85. The predicted octanol–water partition coefficient (Wildman–Crippen LogP) is 1.33. The van der Waals surface area contributed by atoms with Gasteiger partial charge in [-0.3, -0.25) is 0 Å². The summed E-state index contributed by atoms with van der Waals surface area (Å²) in [7, 11) is 0. The lowest BCUT2D eigenvalue weighted by molar-refractivity contribution is -0.0360. The van der Waals surface area contributed by atoms with E-state index in [0.29, 0.717) is 0 Å². The van der Waals surface area contributed by atoms with E-state index in [1.807, 2.05) is 6.92 Å². The lowest BCUT2D eigenvalue weighted by Gasteiger charge is -2.42. The first-order chi connectivity index (χ1) is 5.36. The molecule has 1 rings (SSSR count). The lowest BCUT2D eigenvalue weighted by Crippen LogP contribution is -2.44. The molecule has 0 aromatic carbocycles. The van der Waals surface area contributed by atoms with E-state index in [1.54, 1.807) is 0 Å². The third-order valence-electron chi connectivity index (χ3n) is 2.97. The number of hydrogen-bond acceptors (Lipinski definition) is 2. The summed E-state index contributed by atoms with van der Waals surface area (Å²) < 4.78 is 0. The SMILES string of the molecule is C=C1C(O)C(O)C(C)CC1(C)C. The summed E-state index contributed by atoms with van der Waals surface area (Å²) >= 11 is 0. The Kier molecular flexibility index (Phi) is 2.32. The van der Waals surface area contributed by atoms with Gasteiger partial charge in [-0.05, 0) is 23.3 Å². The summed E-state index contributed by atoms with van der Waals surface area (Å²) in [5, 5.41) is 19.1. The first-order valence-electron chi connectivity index (χ1n) is 4.41. The summed E-state index contributed by atoms with van der Waals surface area (Å²) in [5.74, 6) is 0.153. The lowest BCUT2D eigenvalue weighted by atomic mass is 9.67. The van der Waals surface area contributed by atoms with Crippen molar-refractivity contribution in [2.24, 2.45) is 11.3 Å². The average molecular weight is 170 g/mol. The summed E-state index contributed by atoms with van der Waals surface area (Å²) in [6.45, 7) is 9.90. The standard InChI is InChI=1S/C10H18O2/c1-6-5-10(3,4)7(2)9(12)8(6)11/h6,8-9,11-12H,2,5H2,1,3-4H3. The molecule has 1 aliphatic carbocycles. The van der Waals surface area contributed by atoms with Crippen molar-refractivity contribution in [2.75, 3.05) is 0 Å². The second-order valence-corrected chi connectivity index (χ2v) is 4.53. The molecule has 3 unspecified atom stereocenters. The normalized spacial score (nSPS) is 41.4. The molecule has 0 spiro atoms. The van der Waals surface area contributed by atoms with Crippen LogP contribution >= 0.6 is 0 Å². The molecule has 0 aliphatic heterocycles. The molecule has 0 radical (unpaired) electrons. The third kappa shape index (κ3) is 1.41. The summed E-state index contributed by atoms with van der Waals surface area (Å²) in [6.07, 6.45) is -0.487. The van der Waals surface area contributed by atoms with Crippen LogP contribution in [0, 0.1) is 11.3 Å². The van der Waals surface area contributed by atoms with Gasteiger partial charge in [0.05, 0.1) is 6.10 Å². The van der Waals surface area contributed by atoms with Gasteiger partial charge in [0.25, 0.3) is 0 Å². The van der Waals surface area contributed by atoms with E-state index in [4.69, 9.17) is 0 Å². The molecule has 70 valence electrons. The zero-order valence-corrected chi connectivity index (χ0v) is 8.04. The van der Waals surface area contributed by atoms with Gasteiger partial charge in [-0.1, -0.05) is 27.4 Å². The first-order valence-corrected chi connectivity index (χ1v) is 4.41. The zero-order chi connectivity index (χ0) is 9.52. The average Bonchev–Trinajstić information content (AvgIpc) is 1.97. The van der Waals surface area contributed by atoms with Crippen LogP contribution in [0.5, 0.6) is 0 Å². The van der Waals surface area contributed by atoms with Crippen LogP contribution in [0.3, 0.4) is 0 Å². The molecule has 2 N–H and O–H groups in total. The van der Waals surface area contributed by atoms with Gasteiger partial charge in [-0.25, -0.2) is 0 Å². The molecule has 2 heteroatoms. The van der Waals surface area contributed by atoms with Gasteiger partial charge in [0, 0.05) is 0 Å². The van der Waals surface area contributed by atoms with Crippen LogP contribution in [0.2, 0.25) is 0 Å². The number of hydrogen-bond donors (Lipinski definition) is 2. The van der Waals surface area contributed by atoms with Gasteiger partial charge in [-0.15, -0.1) is 0 Å². The molecule has 3 atom stereocenters. The molecule has 0 saturated heterocycles. The Hall–Kier alpha value is -0.340. The maximum atomic E-state index is 9.60. The van der Waals surface area contributed by atoms with E-state index >= 15 is 0 Å². The monoisotopic (exact) mass is 170 g/mol. The highest BCUT2D eigenvalue weighted by molar-refractivity contribution is 5.18. The highest BCUT2D eigenvalue weighted by atomic mass is 16.3. The Morgan fingerprint density at radius 2 is 1.92 bits per heavy atom. The molecule has 1 saturated carbocycles. The molecule has 0 bridgehead atoms. The van der Waals surface area contributed by atoms with Gasteiger partial charge < -0.3 is 10.2 Å². The number of rotatable bonds is 0. The van der Waals surface area contributed by atoms with E-state index in [0.717, 1.165) is 12.0 Å². The summed E-state index contributed by atoms with van der Waals surface area (Å²) in [5.41, 5.74) is 0.714. The molecule has 0 aromatic heterocycles. The molecule has 0 amide bonds. The Labute approximate surface area is 73.9 Å². The van der Waals surface area contributed by atoms with Crippen molar-refractivity contribution in [3.05, 3.63) is 12.2 Å². The van der Waals surface area contributed by atoms with Crippen LogP contribution in [-0.4, -0.2) is 22.4 Å². The topological polar surface area (TPSA) is 40.5 Å². The zero-order valence-electron chi connectivity index (χ0n) is 8.04. The van der Waals surface area contributed by atoms with Crippen molar-refractivity contribution in [3.63, 3.8) is 0 Å². The van der Waals surface area contributed by atoms with E-state index < -0.39 is 12.2 Å². The Morgan fingerprint density at radius 3 is 2.42 bits per heavy atom. The maximum absolute atomic E-state index is 9.60. The third-order valence-corrected chi connectivity index (χ3v) is 2.97. The largest absolute Gasteiger partial charge is 0.390 e. The van der Waals surface area contributed by atoms with Crippen LogP contribution in [0.25, 0.3) is 0 Å². The molecule has 12 heavy (non-hydrogen) atoms. The molecule has 2 nitrogen and oxygen atoms in total. The molecular formula is C10H18O2. The van der Waals surface area contributed by atoms with Gasteiger partial charge in [-0.2, -0.15) is 0 Å². The van der Waals surface area contributed by atoms with Crippen LogP contribution < -0.4 is 0 Å². The fourth-order valence-electron chi connectivity index (χ4n) is 1.97. The molecule has 1 fully saturated rings. The highest BCUT2D eigenvalue weighted by Gasteiger charge is 2.40. The van der Waals surface area contributed by atoms with E-state index in [-0.39, 0.29) is 11.3 Å². The summed E-state index contributed by atoms with van der Waals surface area (Å²) in [6, 6.07) is 0. The van der Waals surface area contributed by atoms with Crippen molar-refractivity contribution in [3.8, 4) is 0 Å². The van der Waals surface area contributed by atoms with Crippen molar-refractivity contribution in [1.82, 2.24) is 0 Å². The molecule has 1 aliphatic rings. The second kappa shape index (κ2) is 2.86. The number of aliphatic hydroxyl groups excluding tert-OH is 2. The fraction of sp³-hybridized carbons (Fsp3) is 0.800. The Morgan fingerprint density at radius 1 is 1.42 bits per heavy atom. The number of aliphatic hydroxyl groups is 2. The predicted molar refractivity (Wildman–Crippen MR) is 48.7 cm³/mol. The van der Waals surface area contributed by atoms with Crippen LogP contribution in [-0.2, 0) is 0 Å². The van der Waals surface area contributed by atoms with Gasteiger partial charge in [0.15, 0.2) is 0 Å². The molecule has 0 heterocycles. The highest BCUT2D eigenvalue weighted by Crippen LogP contribution is 2.41. The minimum absolute atomic E-state index is 0.0436. The van der Waals surface area contributed by atoms with Crippen molar-refractivity contribution < 1.29 is 10.2 Å². The summed E-state index contributed by atoms with van der Waals surface area (Å²) in [4.78, 5) is 0. The minimum atomic E-state index is -0.747. The Bertz CT molecular complexity index is 196. The van der Waals surface area contributed by atoms with Crippen molar-refractivity contribution in [2.45, 2.75) is 39.4 Å². The van der Waals surface area contributed by atoms with Crippen molar-refractivity contribution in [1.29, 1.82) is 0 Å². The van der Waals surface area contributed by atoms with Gasteiger partial charge in [0.1, 0.15) is 6.10 Å². The fourth-order valence-corrected chi connectivity index (χ4v) is 1.97.